The lowest BCUT2D eigenvalue weighted by Crippen LogP contribution is -2.30. The third-order valence-electron chi connectivity index (χ3n) is 1.95. The molecule has 0 aliphatic carbocycles. The lowest BCUT2D eigenvalue weighted by Gasteiger charge is -2.04. The Balaban J connectivity index is 2.55. The van der Waals surface area contributed by atoms with E-state index in [9.17, 15) is 13.2 Å². The highest BCUT2D eigenvalue weighted by atomic mass is 32.2. The number of aryl methyl sites for hydroxylation is 1. The first-order valence-electron chi connectivity index (χ1n) is 4.47. The lowest BCUT2D eigenvalue weighted by atomic mass is 10.3. The van der Waals surface area contributed by atoms with E-state index < -0.39 is 21.7 Å². The molecule has 0 saturated heterocycles. The molecule has 1 heterocycles. The van der Waals surface area contributed by atoms with Gasteiger partial charge in [-0.3, -0.25) is 9.89 Å². The fourth-order valence-corrected chi connectivity index (χ4v) is 1.91. The number of methoxy groups -OCH3 is 1. The van der Waals surface area contributed by atoms with Crippen molar-refractivity contribution in [2.45, 2.75) is 13.5 Å². The van der Waals surface area contributed by atoms with E-state index in [-0.39, 0.29) is 6.54 Å². The van der Waals surface area contributed by atoms with Crippen LogP contribution in [-0.2, 0) is 26.1 Å². The molecule has 0 aliphatic heterocycles. The summed E-state index contributed by atoms with van der Waals surface area (Å²) in [6.07, 6.45) is 1.52. The number of carbonyl (C=O) groups excluding carboxylic acids is 1. The number of rotatable bonds is 5. The molecule has 2 N–H and O–H groups in total. The first kappa shape index (κ1) is 12.7. The van der Waals surface area contributed by atoms with E-state index in [1.807, 2.05) is 0 Å². The molecule has 0 aromatic carbocycles. The van der Waals surface area contributed by atoms with Gasteiger partial charge in [-0.2, -0.15) is 5.10 Å². The Labute approximate surface area is 93.2 Å². The fraction of sp³-hybridized carbons (Fsp3) is 0.500. The summed E-state index contributed by atoms with van der Waals surface area (Å²) < 4.78 is 29.3. The quantitative estimate of drug-likeness (QED) is 0.671. The summed E-state index contributed by atoms with van der Waals surface area (Å²) in [5, 5.41) is 6.43. The van der Waals surface area contributed by atoms with Crippen LogP contribution in [0.15, 0.2) is 6.20 Å². The molecule has 0 radical (unpaired) electrons. The lowest BCUT2D eigenvalue weighted by molar-refractivity contribution is -0.137. The summed E-state index contributed by atoms with van der Waals surface area (Å²) in [6.45, 7) is 1.87. The molecule has 1 aromatic rings. The van der Waals surface area contributed by atoms with Crippen LogP contribution in [-0.4, -0.2) is 37.4 Å². The Kier molecular flexibility index (Phi) is 4.02. The molecule has 0 amide bonds. The third-order valence-corrected chi connectivity index (χ3v) is 3.15. The van der Waals surface area contributed by atoms with Crippen LogP contribution in [0.2, 0.25) is 0 Å². The molecule has 1 aromatic heterocycles. The predicted octanol–water partition coefficient (Wildman–Crippen LogP) is -0.689. The average Bonchev–Trinajstić information content (AvgIpc) is 2.60. The number of nitrogens with zero attached hydrogens (tertiary/aromatic N) is 1. The van der Waals surface area contributed by atoms with Crippen LogP contribution in [0.4, 0.5) is 0 Å². The number of hydrogen-bond acceptors (Lipinski definition) is 5. The first-order chi connectivity index (χ1) is 7.44. The van der Waals surface area contributed by atoms with Crippen LogP contribution < -0.4 is 4.72 Å². The van der Waals surface area contributed by atoms with Gasteiger partial charge in [-0.25, -0.2) is 13.1 Å². The SMILES string of the molecule is COC(=O)CS(=O)(=O)NCc1cn[nH]c1C. The van der Waals surface area contributed by atoms with Crippen molar-refractivity contribution in [3.05, 3.63) is 17.5 Å². The van der Waals surface area contributed by atoms with E-state index in [4.69, 9.17) is 0 Å². The van der Waals surface area contributed by atoms with Gasteiger partial charge < -0.3 is 4.74 Å². The minimum atomic E-state index is -3.65. The van der Waals surface area contributed by atoms with E-state index in [0.29, 0.717) is 0 Å². The summed E-state index contributed by atoms with van der Waals surface area (Å²) in [7, 11) is -2.51. The maximum Gasteiger partial charge on any atom is 0.322 e. The number of H-pyrrole nitrogens is 1. The summed E-state index contributed by atoms with van der Waals surface area (Å²) >= 11 is 0. The standard InChI is InChI=1S/C8H13N3O4S/c1-6-7(3-9-11-6)4-10-16(13,14)5-8(12)15-2/h3,10H,4-5H2,1-2H3,(H,9,11). The summed E-state index contributed by atoms with van der Waals surface area (Å²) in [5.41, 5.74) is 1.51. The molecule has 0 fully saturated rings. The predicted molar refractivity (Wildman–Crippen MR) is 56.0 cm³/mol. The molecule has 16 heavy (non-hydrogen) atoms. The Morgan fingerprint density at radius 1 is 1.62 bits per heavy atom. The normalized spacial score (nSPS) is 11.4. The molecular weight excluding hydrogens is 234 g/mol. The highest BCUT2D eigenvalue weighted by Gasteiger charge is 2.16. The van der Waals surface area contributed by atoms with Crippen molar-refractivity contribution in [2.75, 3.05) is 12.9 Å². The maximum atomic E-state index is 11.4. The van der Waals surface area contributed by atoms with Gasteiger partial charge >= 0.3 is 5.97 Å². The molecule has 1 rings (SSSR count). The molecule has 7 nitrogen and oxygen atoms in total. The highest BCUT2D eigenvalue weighted by Crippen LogP contribution is 2.02. The molecule has 0 aliphatic rings. The monoisotopic (exact) mass is 247 g/mol. The van der Waals surface area contributed by atoms with E-state index >= 15 is 0 Å². The maximum absolute atomic E-state index is 11.4. The van der Waals surface area contributed by atoms with Gasteiger partial charge in [-0.15, -0.1) is 0 Å². The Hall–Kier alpha value is -1.41. The van der Waals surface area contributed by atoms with Crippen molar-refractivity contribution >= 4 is 16.0 Å². The number of aromatic nitrogens is 2. The number of ether oxygens (including phenoxy) is 1. The van der Waals surface area contributed by atoms with E-state index in [0.717, 1.165) is 18.4 Å². The minimum Gasteiger partial charge on any atom is -0.468 e. The summed E-state index contributed by atoms with van der Waals surface area (Å²) in [5.74, 6) is -1.48. The van der Waals surface area contributed by atoms with Crippen LogP contribution in [0.25, 0.3) is 0 Å². The number of aromatic amines is 1. The molecule has 0 atom stereocenters. The van der Waals surface area contributed by atoms with Crippen LogP contribution in [0.3, 0.4) is 0 Å². The smallest absolute Gasteiger partial charge is 0.322 e. The largest absolute Gasteiger partial charge is 0.468 e. The molecule has 8 heteroatoms. The van der Waals surface area contributed by atoms with Gasteiger partial charge in [0.05, 0.1) is 13.3 Å². The molecule has 0 unspecified atom stereocenters. The van der Waals surface area contributed by atoms with Crippen molar-refractivity contribution in [3.63, 3.8) is 0 Å². The second-order valence-electron chi connectivity index (χ2n) is 3.18. The van der Waals surface area contributed by atoms with E-state index in [2.05, 4.69) is 19.7 Å². The third kappa shape index (κ3) is 3.63. The van der Waals surface area contributed by atoms with Crippen LogP contribution in [0.5, 0.6) is 0 Å². The van der Waals surface area contributed by atoms with Crippen molar-refractivity contribution in [1.29, 1.82) is 0 Å². The first-order valence-corrected chi connectivity index (χ1v) is 6.13. The van der Waals surface area contributed by atoms with Crippen LogP contribution in [0.1, 0.15) is 11.3 Å². The zero-order valence-corrected chi connectivity index (χ0v) is 9.80. The van der Waals surface area contributed by atoms with Crippen molar-refractivity contribution in [1.82, 2.24) is 14.9 Å². The van der Waals surface area contributed by atoms with Crippen molar-refractivity contribution in [2.24, 2.45) is 0 Å². The number of esters is 1. The average molecular weight is 247 g/mol. The van der Waals surface area contributed by atoms with Crippen LogP contribution >= 0.6 is 0 Å². The van der Waals surface area contributed by atoms with Gasteiger partial charge in [0.15, 0.2) is 5.75 Å². The Bertz CT molecular complexity index is 465. The fourth-order valence-electron chi connectivity index (χ4n) is 1.01. The van der Waals surface area contributed by atoms with E-state index in [1.54, 1.807) is 6.92 Å². The second-order valence-corrected chi connectivity index (χ2v) is 4.98. The number of sulfonamides is 1. The summed E-state index contributed by atoms with van der Waals surface area (Å²) in [4.78, 5) is 10.8. The van der Waals surface area contributed by atoms with Gasteiger partial charge in [-0.1, -0.05) is 0 Å². The highest BCUT2D eigenvalue weighted by molar-refractivity contribution is 7.90. The molecule has 0 saturated carbocycles. The van der Waals surface area contributed by atoms with Gasteiger partial charge in [0.1, 0.15) is 0 Å². The van der Waals surface area contributed by atoms with Crippen molar-refractivity contribution < 1.29 is 17.9 Å². The zero-order valence-electron chi connectivity index (χ0n) is 8.98. The number of carbonyl (C=O) groups is 1. The van der Waals surface area contributed by atoms with Gasteiger partial charge in [0, 0.05) is 17.8 Å². The summed E-state index contributed by atoms with van der Waals surface area (Å²) in [6, 6.07) is 0. The van der Waals surface area contributed by atoms with Crippen molar-refractivity contribution in [3.8, 4) is 0 Å². The van der Waals surface area contributed by atoms with Crippen LogP contribution in [0, 0.1) is 6.92 Å². The molecule has 0 bridgehead atoms. The topological polar surface area (TPSA) is 101 Å². The number of nitrogens with one attached hydrogen (secondary N) is 2. The minimum absolute atomic E-state index is 0.0989. The Morgan fingerprint density at radius 2 is 2.31 bits per heavy atom. The molecule has 0 spiro atoms. The van der Waals surface area contributed by atoms with E-state index in [1.165, 1.54) is 6.20 Å². The van der Waals surface area contributed by atoms with Gasteiger partial charge in [-0.05, 0) is 6.92 Å². The molecule has 90 valence electrons. The Morgan fingerprint density at radius 3 is 2.81 bits per heavy atom. The number of hydrogen-bond donors (Lipinski definition) is 2. The van der Waals surface area contributed by atoms with Gasteiger partial charge in [0.25, 0.3) is 0 Å². The second kappa shape index (κ2) is 5.08. The molecular formula is C8H13N3O4S. The van der Waals surface area contributed by atoms with Gasteiger partial charge in [0.2, 0.25) is 10.0 Å². The zero-order chi connectivity index (χ0) is 12.2.